The Hall–Kier alpha value is -2.47. The Labute approximate surface area is 157 Å². The molecule has 0 unspecified atom stereocenters. The highest BCUT2D eigenvalue weighted by Gasteiger charge is 2.31. The van der Waals surface area contributed by atoms with Gasteiger partial charge < -0.3 is 15.0 Å². The number of aromatic nitrogens is 1. The molecule has 5 nitrogen and oxygen atoms in total. The smallest absolute Gasteiger partial charge is 0.268 e. The molecule has 2 aromatic rings. The molecule has 1 saturated heterocycles. The molecule has 2 N–H and O–H groups in total. The van der Waals surface area contributed by atoms with Gasteiger partial charge in [-0.15, -0.1) is 0 Å². The molecule has 0 saturated carbocycles. The lowest BCUT2D eigenvalue weighted by Gasteiger charge is -2.24. The molecule has 1 aromatic heterocycles. The molecule has 27 heavy (non-hydrogen) atoms. The highest BCUT2D eigenvalue weighted by molar-refractivity contribution is 6.04. The van der Waals surface area contributed by atoms with E-state index in [0.717, 1.165) is 36.9 Å². The third kappa shape index (κ3) is 3.41. The number of Topliss-reactive ketones (excluding diaryl/α,β-unsaturated/α-hetero) is 1. The largest absolute Gasteiger partial charge is 0.376 e. The van der Waals surface area contributed by atoms with Gasteiger partial charge in [-0.2, -0.15) is 0 Å². The Balaban J connectivity index is 1.62. The predicted octanol–water partition coefficient (Wildman–Crippen LogP) is 3.63. The number of nitrogens with one attached hydrogen (secondary N) is 2. The summed E-state index contributed by atoms with van der Waals surface area (Å²) in [5.41, 5.74) is 3.46. The number of benzene rings is 1. The second-order valence-corrected chi connectivity index (χ2v) is 7.31. The number of carbonyl (C=O) groups excluding carboxylic acids is 2. The zero-order chi connectivity index (χ0) is 19.0. The zero-order valence-electron chi connectivity index (χ0n) is 15.3. The van der Waals surface area contributed by atoms with Crippen molar-refractivity contribution in [1.82, 2.24) is 10.3 Å². The van der Waals surface area contributed by atoms with E-state index in [2.05, 4.69) is 10.3 Å². The van der Waals surface area contributed by atoms with Crippen LogP contribution in [0.1, 0.15) is 69.4 Å². The van der Waals surface area contributed by atoms with Crippen LogP contribution in [0.5, 0.6) is 0 Å². The number of ether oxygens (including phenoxy) is 1. The number of aromatic amines is 1. The fourth-order valence-corrected chi connectivity index (χ4v) is 4.14. The van der Waals surface area contributed by atoms with Crippen LogP contribution < -0.4 is 5.32 Å². The van der Waals surface area contributed by atoms with Crippen molar-refractivity contribution in [2.24, 2.45) is 0 Å². The van der Waals surface area contributed by atoms with E-state index in [4.69, 9.17) is 4.74 Å². The van der Waals surface area contributed by atoms with E-state index in [-0.39, 0.29) is 29.7 Å². The van der Waals surface area contributed by atoms with Crippen LogP contribution in [0.2, 0.25) is 0 Å². The Bertz CT molecular complexity index is 866. The third-order valence-corrected chi connectivity index (χ3v) is 5.52. The van der Waals surface area contributed by atoms with E-state index in [9.17, 15) is 14.0 Å². The second-order valence-electron chi connectivity index (χ2n) is 7.31. The molecular formula is C21H23FN2O3. The number of halogens is 1. The average Bonchev–Trinajstić information content (AvgIpc) is 3.29. The maximum absolute atomic E-state index is 13.3. The van der Waals surface area contributed by atoms with Crippen LogP contribution in [-0.2, 0) is 11.2 Å². The number of rotatable bonds is 4. The minimum atomic E-state index is -0.365. The summed E-state index contributed by atoms with van der Waals surface area (Å²) in [7, 11) is 0. The molecule has 6 heteroatoms. The van der Waals surface area contributed by atoms with Crippen molar-refractivity contribution in [2.75, 3.05) is 6.61 Å². The predicted molar refractivity (Wildman–Crippen MR) is 98.4 cm³/mol. The quantitative estimate of drug-likeness (QED) is 0.863. The van der Waals surface area contributed by atoms with E-state index in [0.29, 0.717) is 29.8 Å². The van der Waals surface area contributed by atoms with Crippen molar-refractivity contribution in [3.05, 3.63) is 58.2 Å². The van der Waals surface area contributed by atoms with Gasteiger partial charge in [0.05, 0.1) is 12.1 Å². The molecule has 1 aliphatic carbocycles. The van der Waals surface area contributed by atoms with Crippen LogP contribution in [0.25, 0.3) is 0 Å². The van der Waals surface area contributed by atoms with Crippen molar-refractivity contribution < 1.29 is 18.7 Å². The fraction of sp³-hybridized carbons (Fsp3) is 0.429. The molecule has 1 aliphatic heterocycles. The summed E-state index contributed by atoms with van der Waals surface area (Å²) in [6.45, 7) is 2.47. The Morgan fingerprint density at radius 1 is 1.26 bits per heavy atom. The molecule has 0 radical (unpaired) electrons. The summed E-state index contributed by atoms with van der Waals surface area (Å²) >= 11 is 0. The maximum Gasteiger partial charge on any atom is 0.268 e. The topological polar surface area (TPSA) is 71.2 Å². The molecule has 1 fully saturated rings. The van der Waals surface area contributed by atoms with Gasteiger partial charge in [-0.3, -0.25) is 9.59 Å². The molecule has 142 valence electrons. The molecule has 0 bridgehead atoms. The molecular weight excluding hydrogens is 347 g/mol. The first kappa shape index (κ1) is 17.9. The summed E-state index contributed by atoms with van der Waals surface area (Å²) in [6.07, 6.45) is 3.74. The molecule has 4 rings (SSSR count). The zero-order valence-corrected chi connectivity index (χ0v) is 15.3. The first-order valence-electron chi connectivity index (χ1n) is 9.47. The number of fused-ring (bicyclic) bond motifs is 1. The summed E-state index contributed by atoms with van der Waals surface area (Å²) in [6, 6.07) is 5.77. The van der Waals surface area contributed by atoms with Gasteiger partial charge in [-0.25, -0.2) is 4.39 Å². The standard InChI is InChI=1S/C21H23FN2O3/c1-12-18-15(4-2-5-16(18)25)23-19(12)21(26)24-20(17-6-3-11-27-17)13-7-9-14(22)10-8-13/h7-10,17,20,23H,2-6,11H2,1H3,(H,24,26)/t17-,20-/m1/s1. The first-order valence-corrected chi connectivity index (χ1v) is 9.47. The Morgan fingerprint density at radius 2 is 2.04 bits per heavy atom. The van der Waals surface area contributed by atoms with Gasteiger partial charge >= 0.3 is 0 Å². The van der Waals surface area contributed by atoms with Crippen molar-refractivity contribution in [3.8, 4) is 0 Å². The van der Waals surface area contributed by atoms with Crippen LogP contribution in [0.3, 0.4) is 0 Å². The molecule has 0 spiro atoms. The number of hydrogen-bond donors (Lipinski definition) is 2. The van der Waals surface area contributed by atoms with E-state index >= 15 is 0 Å². The van der Waals surface area contributed by atoms with Gasteiger partial charge in [0.25, 0.3) is 5.91 Å². The van der Waals surface area contributed by atoms with E-state index in [1.807, 2.05) is 6.92 Å². The third-order valence-electron chi connectivity index (χ3n) is 5.52. The number of H-pyrrole nitrogens is 1. The van der Waals surface area contributed by atoms with Crippen molar-refractivity contribution in [1.29, 1.82) is 0 Å². The number of amides is 1. The van der Waals surface area contributed by atoms with Gasteiger partial charge in [0.2, 0.25) is 0 Å². The monoisotopic (exact) mass is 370 g/mol. The van der Waals surface area contributed by atoms with Crippen molar-refractivity contribution >= 4 is 11.7 Å². The van der Waals surface area contributed by atoms with Crippen molar-refractivity contribution in [2.45, 2.75) is 51.2 Å². The number of carbonyl (C=O) groups is 2. The van der Waals surface area contributed by atoms with Gasteiger partial charge in [-0.1, -0.05) is 12.1 Å². The molecule has 1 amide bonds. The molecule has 1 aromatic carbocycles. The van der Waals surface area contributed by atoms with Crippen LogP contribution in [0, 0.1) is 12.7 Å². The molecule has 2 atom stereocenters. The van der Waals surface area contributed by atoms with Crippen molar-refractivity contribution in [3.63, 3.8) is 0 Å². The lowest BCUT2D eigenvalue weighted by Crippen LogP contribution is -2.36. The van der Waals surface area contributed by atoms with Crippen LogP contribution in [-0.4, -0.2) is 29.4 Å². The van der Waals surface area contributed by atoms with Gasteiger partial charge in [0.1, 0.15) is 11.5 Å². The minimum absolute atomic E-state index is 0.0956. The number of ketones is 1. The van der Waals surface area contributed by atoms with Gasteiger partial charge in [-0.05, 0) is 55.9 Å². The minimum Gasteiger partial charge on any atom is -0.376 e. The second kappa shape index (κ2) is 7.27. The van der Waals surface area contributed by atoms with E-state index < -0.39 is 0 Å². The van der Waals surface area contributed by atoms with Crippen LogP contribution >= 0.6 is 0 Å². The van der Waals surface area contributed by atoms with Crippen LogP contribution in [0.15, 0.2) is 24.3 Å². The SMILES string of the molecule is Cc1c(C(=O)N[C@H](c2ccc(F)cc2)[C@H]2CCCO2)[nH]c2c1C(=O)CCC2. The van der Waals surface area contributed by atoms with Gasteiger partial charge in [0, 0.05) is 24.3 Å². The fourth-order valence-electron chi connectivity index (χ4n) is 4.14. The highest BCUT2D eigenvalue weighted by Crippen LogP contribution is 2.30. The summed E-state index contributed by atoms with van der Waals surface area (Å²) < 4.78 is 19.1. The maximum atomic E-state index is 13.3. The van der Waals surface area contributed by atoms with Crippen LogP contribution in [0.4, 0.5) is 4.39 Å². The average molecular weight is 370 g/mol. The molecule has 2 aliphatic rings. The lowest BCUT2D eigenvalue weighted by atomic mass is 9.93. The normalized spacial score (nSPS) is 20.4. The Kier molecular flexibility index (Phi) is 4.83. The summed E-state index contributed by atoms with van der Waals surface area (Å²) in [5, 5.41) is 3.05. The number of hydrogen-bond acceptors (Lipinski definition) is 3. The lowest BCUT2D eigenvalue weighted by molar-refractivity contribution is 0.0669. The Morgan fingerprint density at radius 3 is 2.70 bits per heavy atom. The van der Waals surface area contributed by atoms with Gasteiger partial charge in [0.15, 0.2) is 5.78 Å². The first-order chi connectivity index (χ1) is 13.0. The van der Waals surface area contributed by atoms with E-state index in [1.54, 1.807) is 12.1 Å². The highest BCUT2D eigenvalue weighted by atomic mass is 19.1. The van der Waals surface area contributed by atoms with E-state index in [1.165, 1.54) is 12.1 Å². The molecule has 2 heterocycles. The summed E-state index contributed by atoms with van der Waals surface area (Å²) in [5.74, 6) is -0.486. The summed E-state index contributed by atoms with van der Waals surface area (Å²) in [4.78, 5) is 28.4. The number of aryl methyl sites for hydroxylation is 1.